The predicted molar refractivity (Wildman–Crippen MR) is 107 cm³/mol. The van der Waals surface area contributed by atoms with Gasteiger partial charge in [0.05, 0.1) is 0 Å². The zero-order valence-corrected chi connectivity index (χ0v) is 15.9. The lowest BCUT2D eigenvalue weighted by Gasteiger charge is -2.10. The molecule has 0 bridgehead atoms. The maximum atomic E-state index is 12.7. The third-order valence-corrected chi connectivity index (χ3v) is 4.24. The number of ether oxygens (including phenoxy) is 2. The molecule has 0 radical (unpaired) electrons. The maximum absolute atomic E-state index is 12.7. The number of anilines is 3. The third kappa shape index (κ3) is 4.16. The number of hydrogen-bond acceptors (Lipinski definition) is 7. The van der Waals surface area contributed by atoms with E-state index in [1.54, 1.807) is 49.4 Å². The zero-order chi connectivity index (χ0) is 20.4. The van der Waals surface area contributed by atoms with Gasteiger partial charge in [0.25, 0.3) is 5.91 Å². The molecule has 1 aliphatic heterocycles. The first-order valence-electron chi connectivity index (χ1n) is 8.93. The summed E-state index contributed by atoms with van der Waals surface area (Å²) in [5.41, 5.74) is 2.05. The number of aromatic nitrogens is 2. The predicted octanol–water partition coefficient (Wildman–Crippen LogP) is 3.71. The van der Waals surface area contributed by atoms with Crippen LogP contribution in [0, 0.1) is 6.92 Å². The van der Waals surface area contributed by atoms with Crippen molar-refractivity contribution in [2.45, 2.75) is 13.8 Å². The molecule has 29 heavy (non-hydrogen) atoms. The molecule has 0 spiro atoms. The Bertz CT molecular complexity index is 1110. The van der Waals surface area contributed by atoms with Gasteiger partial charge in [-0.15, -0.1) is 0 Å². The van der Waals surface area contributed by atoms with Gasteiger partial charge in [-0.25, -0.2) is 9.97 Å². The van der Waals surface area contributed by atoms with Crippen molar-refractivity contribution in [1.82, 2.24) is 9.97 Å². The smallest absolute Gasteiger partial charge is 0.274 e. The Morgan fingerprint density at radius 1 is 0.966 bits per heavy atom. The lowest BCUT2D eigenvalue weighted by atomic mass is 10.1. The molecule has 8 nitrogen and oxygen atoms in total. The van der Waals surface area contributed by atoms with E-state index in [9.17, 15) is 9.59 Å². The first kappa shape index (κ1) is 18.4. The van der Waals surface area contributed by atoms with Crippen LogP contribution < -0.4 is 20.1 Å². The number of carbonyl (C=O) groups is 2. The fourth-order valence-corrected chi connectivity index (χ4v) is 2.88. The van der Waals surface area contributed by atoms with Crippen LogP contribution in [0.4, 0.5) is 17.2 Å². The third-order valence-electron chi connectivity index (χ3n) is 4.24. The first-order valence-corrected chi connectivity index (χ1v) is 8.93. The molecule has 146 valence electrons. The van der Waals surface area contributed by atoms with Gasteiger partial charge in [0.15, 0.2) is 17.3 Å². The summed E-state index contributed by atoms with van der Waals surface area (Å²) < 4.78 is 10.6. The highest BCUT2D eigenvalue weighted by molar-refractivity contribution is 6.03. The van der Waals surface area contributed by atoms with Crippen molar-refractivity contribution in [3.8, 4) is 11.5 Å². The van der Waals surface area contributed by atoms with Crippen molar-refractivity contribution in [1.29, 1.82) is 0 Å². The number of rotatable bonds is 5. The van der Waals surface area contributed by atoms with Crippen LogP contribution in [0.25, 0.3) is 0 Å². The van der Waals surface area contributed by atoms with Gasteiger partial charge in [0.1, 0.15) is 17.3 Å². The molecule has 8 heteroatoms. The van der Waals surface area contributed by atoms with Gasteiger partial charge in [0.2, 0.25) is 6.79 Å². The molecule has 4 rings (SSSR count). The van der Waals surface area contributed by atoms with Gasteiger partial charge in [-0.05, 0) is 38.1 Å². The second kappa shape index (κ2) is 7.59. The molecule has 3 aromatic rings. The minimum Gasteiger partial charge on any atom is -0.454 e. The van der Waals surface area contributed by atoms with Crippen LogP contribution in [-0.2, 0) is 0 Å². The standard InChI is InChI=1S/C21H18N4O4/c1-12(26)14-4-3-5-15(8-14)24-20-10-17(22-13(2)23-20)21(27)25-16-6-7-18-19(9-16)29-11-28-18/h3-10H,11H2,1-2H3,(H,25,27)(H,22,23,24). The number of aryl methyl sites for hydroxylation is 1. The zero-order valence-electron chi connectivity index (χ0n) is 15.9. The van der Waals surface area contributed by atoms with Crippen molar-refractivity contribution in [2.75, 3.05) is 17.4 Å². The second-order valence-corrected chi connectivity index (χ2v) is 6.47. The quantitative estimate of drug-likeness (QED) is 0.640. The van der Waals surface area contributed by atoms with E-state index in [1.165, 1.54) is 6.92 Å². The average Bonchev–Trinajstić information content (AvgIpc) is 3.15. The van der Waals surface area contributed by atoms with E-state index in [1.807, 2.05) is 6.07 Å². The summed E-state index contributed by atoms with van der Waals surface area (Å²) in [7, 11) is 0. The summed E-state index contributed by atoms with van der Waals surface area (Å²) in [6, 6.07) is 13.8. The number of ketones is 1. The second-order valence-electron chi connectivity index (χ2n) is 6.47. The Kier molecular flexibility index (Phi) is 4.82. The fraction of sp³-hybridized carbons (Fsp3) is 0.143. The van der Waals surface area contributed by atoms with Gasteiger partial charge >= 0.3 is 0 Å². The highest BCUT2D eigenvalue weighted by Crippen LogP contribution is 2.34. The number of carbonyl (C=O) groups excluding carboxylic acids is 2. The molecule has 1 aliphatic rings. The van der Waals surface area contributed by atoms with Crippen LogP contribution in [0.2, 0.25) is 0 Å². The summed E-state index contributed by atoms with van der Waals surface area (Å²) in [6.07, 6.45) is 0. The summed E-state index contributed by atoms with van der Waals surface area (Å²) in [6.45, 7) is 3.37. The Labute approximate surface area is 166 Å². The van der Waals surface area contributed by atoms with Crippen molar-refractivity contribution in [2.24, 2.45) is 0 Å². The summed E-state index contributed by atoms with van der Waals surface area (Å²) >= 11 is 0. The first-order chi connectivity index (χ1) is 14.0. The van der Waals surface area contributed by atoms with Gasteiger partial charge in [-0.3, -0.25) is 9.59 Å². The SMILES string of the molecule is CC(=O)c1cccc(Nc2cc(C(=O)Nc3ccc4c(c3)OCO4)nc(C)n2)c1. The number of Topliss-reactive ketones (excluding diaryl/α,β-unsaturated/α-hetero) is 1. The number of benzene rings is 2. The molecule has 1 aromatic heterocycles. The molecule has 0 aliphatic carbocycles. The van der Waals surface area contributed by atoms with Crippen molar-refractivity contribution in [3.05, 3.63) is 65.6 Å². The van der Waals surface area contributed by atoms with E-state index >= 15 is 0 Å². The molecular weight excluding hydrogens is 372 g/mol. The molecule has 1 amide bonds. The normalized spacial score (nSPS) is 11.8. The van der Waals surface area contributed by atoms with E-state index in [0.717, 1.165) is 0 Å². The lowest BCUT2D eigenvalue weighted by molar-refractivity contribution is 0.101. The van der Waals surface area contributed by atoms with Crippen LogP contribution in [0.5, 0.6) is 11.5 Å². The average molecular weight is 390 g/mol. The molecule has 2 heterocycles. The Morgan fingerprint density at radius 2 is 1.79 bits per heavy atom. The number of hydrogen-bond donors (Lipinski definition) is 2. The molecule has 0 fully saturated rings. The lowest BCUT2D eigenvalue weighted by Crippen LogP contribution is -2.15. The number of nitrogens with one attached hydrogen (secondary N) is 2. The van der Waals surface area contributed by atoms with Crippen LogP contribution in [0.1, 0.15) is 33.6 Å². The topological polar surface area (TPSA) is 102 Å². The molecule has 0 saturated heterocycles. The highest BCUT2D eigenvalue weighted by atomic mass is 16.7. The van der Waals surface area contributed by atoms with E-state index in [-0.39, 0.29) is 24.2 Å². The van der Waals surface area contributed by atoms with Crippen molar-refractivity contribution >= 4 is 28.9 Å². The summed E-state index contributed by atoms with van der Waals surface area (Å²) in [4.78, 5) is 32.8. The maximum Gasteiger partial charge on any atom is 0.274 e. The Balaban J connectivity index is 1.54. The molecule has 0 saturated carbocycles. The van der Waals surface area contributed by atoms with Crippen LogP contribution >= 0.6 is 0 Å². The summed E-state index contributed by atoms with van der Waals surface area (Å²) in [5, 5.41) is 5.91. The number of fused-ring (bicyclic) bond motifs is 1. The Hall–Kier alpha value is -3.94. The highest BCUT2D eigenvalue weighted by Gasteiger charge is 2.16. The Morgan fingerprint density at radius 3 is 2.62 bits per heavy atom. The minimum atomic E-state index is -0.380. The fourth-order valence-electron chi connectivity index (χ4n) is 2.88. The van der Waals surface area contributed by atoms with Gasteiger partial charge in [0, 0.05) is 29.1 Å². The largest absolute Gasteiger partial charge is 0.454 e. The summed E-state index contributed by atoms with van der Waals surface area (Å²) in [5.74, 6) is 1.70. The molecule has 2 aromatic carbocycles. The minimum absolute atomic E-state index is 0.0312. The van der Waals surface area contributed by atoms with Crippen LogP contribution in [0.15, 0.2) is 48.5 Å². The molecule has 0 atom stereocenters. The monoisotopic (exact) mass is 390 g/mol. The van der Waals surface area contributed by atoms with Crippen molar-refractivity contribution < 1.29 is 19.1 Å². The van der Waals surface area contributed by atoms with E-state index in [2.05, 4.69) is 20.6 Å². The number of nitrogens with zero attached hydrogens (tertiary/aromatic N) is 2. The van der Waals surface area contributed by atoms with Gasteiger partial charge < -0.3 is 20.1 Å². The number of amides is 1. The van der Waals surface area contributed by atoms with Crippen molar-refractivity contribution in [3.63, 3.8) is 0 Å². The van der Waals surface area contributed by atoms with E-state index < -0.39 is 0 Å². The van der Waals surface area contributed by atoms with Gasteiger partial charge in [-0.2, -0.15) is 0 Å². The van der Waals surface area contributed by atoms with Crippen LogP contribution in [0.3, 0.4) is 0 Å². The van der Waals surface area contributed by atoms with E-state index in [4.69, 9.17) is 9.47 Å². The molecular formula is C21H18N4O4. The molecule has 2 N–H and O–H groups in total. The molecule has 0 unspecified atom stereocenters. The van der Waals surface area contributed by atoms with E-state index in [0.29, 0.717) is 40.1 Å². The van der Waals surface area contributed by atoms with Crippen LogP contribution in [-0.4, -0.2) is 28.5 Å². The van der Waals surface area contributed by atoms with Gasteiger partial charge in [-0.1, -0.05) is 12.1 Å².